The van der Waals surface area contributed by atoms with Gasteiger partial charge in [-0.25, -0.2) is 0 Å². The Morgan fingerprint density at radius 2 is 0.435 bits per heavy atom. The first kappa shape index (κ1) is 40.9. The monoisotopic (exact) mass is 834 g/mol. The average molecular weight is 836 g/mol. The van der Waals surface area contributed by atoms with Gasteiger partial charge in [0, 0.05) is 0 Å². The van der Waals surface area contributed by atoms with E-state index in [0.29, 0.717) is 0 Å². The van der Waals surface area contributed by atoms with Crippen LogP contribution in [0.2, 0.25) is 0 Å². The van der Waals surface area contributed by atoms with Crippen LogP contribution in [-0.2, 0) is 38.5 Å². The summed E-state index contributed by atoms with van der Waals surface area (Å²) in [4.78, 5) is 0. The zero-order valence-corrected chi connectivity index (χ0v) is 36.9. The molecular formula is C60H51ClSi. The van der Waals surface area contributed by atoms with Crippen molar-refractivity contribution in [1.29, 1.82) is 0 Å². The van der Waals surface area contributed by atoms with Gasteiger partial charge in [-0.1, -0.05) is 237 Å². The van der Waals surface area contributed by atoms with E-state index in [-0.39, 0.29) is 0 Å². The van der Waals surface area contributed by atoms with Gasteiger partial charge in [0.15, 0.2) is 0 Å². The first-order valence-corrected chi connectivity index (χ1v) is 24.9. The van der Waals surface area contributed by atoms with Gasteiger partial charge in [0.1, 0.15) is 0 Å². The van der Waals surface area contributed by atoms with Gasteiger partial charge in [-0.2, -0.15) is 0 Å². The lowest BCUT2D eigenvalue weighted by atomic mass is 9.98. The van der Waals surface area contributed by atoms with E-state index in [1.165, 1.54) is 82.3 Å². The van der Waals surface area contributed by atoms with Crippen molar-refractivity contribution in [3.8, 4) is 0 Å². The first-order chi connectivity index (χ1) is 30.6. The molecule has 0 amide bonds. The lowest BCUT2D eigenvalue weighted by Crippen LogP contribution is -2.65. The van der Waals surface area contributed by atoms with E-state index in [4.69, 9.17) is 11.1 Å². The van der Waals surface area contributed by atoms with Crippen molar-refractivity contribution >= 4 is 34.0 Å². The van der Waals surface area contributed by atoms with Crippen molar-refractivity contribution in [2.75, 3.05) is 0 Å². The molecule has 0 saturated heterocycles. The Morgan fingerprint density at radius 3 is 0.661 bits per heavy atom. The quantitative estimate of drug-likeness (QED) is 0.0548. The van der Waals surface area contributed by atoms with E-state index in [9.17, 15) is 0 Å². The summed E-state index contributed by atoms with van der Waals surface area (Å²) < 4.78 is 0. The predicted octanol–water partition coefficient (Wildman–Crippen LogP) is 12.4. The molecule has 9 rings (SSSR count). The summed E-state index contributed by atoms with van der Waals surface area (Å²) in [5.41, 5.74) is 15.5. The zero-order valence-electron chi connectivity index (χ0n) is 35.1. The van der Waals surface area contributed by atoms with Crippen molar-refractivity contribution in [3.05, 3.63) is 303 Å². The Labute approximate surface area is 373 Å². The second-order valence-electron chi connectivity index (χ2n) is 16.6. The fourth-order valence-electron chi connectivity index (χ4n) is 9.10. The van der Waals surface area contributed by atoms with Gasteiger partial charge in [0.2, 0.25) is 7.38 Å². The van der Waals surface area contributed by atoms with Crippen molar-refractivity contribution in [2.45, 2.75) is 38.5 Å². The third-order valence-corrected chi connectivity index (χ3v) is 17.6. The van der Waals surface area contributed by atoms with Crippen LogP contribution in [0.1, 0.15) is 66.8 Å². The first-order valence-electron chi connectivity index (χ1n) is 21.9. The topological polar surface area (TPSA) is 0 Å². The van der Waals surface area contributed by atoms with Gasteiger partial charge in [-0.05, 0) is 121 Å². The summed E-state index contributed by atoms with van der Waals surface area (Å²) >= 11 is 9.01. The molecule has 0 heterocycles. The fourth-order valence-corrected chi connectivity index (χ4v) is 14.4. The largest absolute Gasteiger partial charge is 0.248 e. The molecule has 0 aliphatic carbocycles. The summed E-state index contributed by atoms with van der Waals surface area (Å²) in [7, 11) is -3.35. The summed E-state index contributed by atoms with van der Waals surface area (Å²) in [6.45, 7) is 0. The highest BCUT2D eigenvalue weighted by molar-refractivity contribution is 7.40. The molecule has 0 nitrogen and oxygen atoms in total. The SMILES string of the molecule is Cl[Si](c1ccc(Cc2ccccc2)cc1Cc1ccccc1)(c1ccc(Cc2ccccc2)cc1Cc1ccccc1)c1ccc(Cc2ccccc2)cc1Cc1ccccc1. The Balaban J connectivity index is 1.29. The molecule has 0 spiro atoms. The summed E-state index contributed by atoms with van der Waals surface area (Å²) in [6.07, 6.45) is 4.96. The van der Waals surface area contributed by atoms with E-state index in [1.807, 2.05) is 0 Å². The second-order valence-corrected chi connectivity index (χ2v) is 21.2. The highest BCUT2D eigenvalue weighted by atomic mass is 35.6. The molecule has 9 aromatic carbocycles. The van der Waals surface area contributed by atoms with Gasteiger partial charge >= 0.3 is 0 Å². The van der Waals surface area contributed by atoms with Crippen molar-refractivity contribution in [2.24, 2.45) is 0 Å². The van der Waals surface area contributed by atoms with Crippen LogP contribution >= 0.6 is 11.1 Å². The molecule has 0 aromatic heterocycles. The van der Waals surface area contributed by atoms with Crippen LogP contribution in [-0.4, -0.2) is 7.38 Å². The van der Waals surface area contributed by atoms with Crippen LogP contribution in [0.3, 0.4) is 0 Å². The van der Waals surface area contributed by atoms with Gasteiger partial charge < -0.3 is 0 Å². The van der Waals surface area contributed by atoms with E-state index >= 15 is 0 Å². The third-order valence-electron chi connectivity index (χ3n) is 12.1. The van der Waals surface area contributed by atoms with Crippen molar-refractivity contribution < 1.29 is 0 Å². The Hall–Kier alpha value is -6.51. The minimum Gasteiger partial charge on any atom is -0.149 e. The number of hydrogen-bond acceptors (Lipinski definition) is 0. The molecule has 9 aromatic rings. The van der Waals surface area contributed by atoms with Crippen LogP contribution in [0.5, 0.6) is 0 Å². The molecule has 0 bridgehead atoms. The predicted molar refractivity (Wildman–Crippen MR) is 265 cm³/mol. The molecule has 62 heavy (non-hydrogen) atoms. The van der Waals surface area contributed by atoms with Gasteiger partial charge in [-0.15, -0.1) is 11.1 Å². The normalized spacial score (nSPS) is 11.4. The summed E-state index contributed by atoms with van der Waals surface area (Å²) in [6, 6.07) is 86.9. The summed E-state index contributed by atoms with van der Waals surface area (Å²) in [5.74, 6) is 0. The van der Waals surface area contributed by atoms with Crippen molar-refractivity contribution in [1.82, 2.24) is 0 Å². The molecule has 2 heteroatoms. The second kappa shape index (κ2) is 19.5. The van der Waals surface area contributed by atoms with E-state index < -0.39 is 7.38 Å². The molecule has 0 unspecified atom stereocenters. The molecular weight excluding hydrogens is 784 g/mol. The molecule has 0 atom stereocenters. The van der Waals surface area contributed by atoms with Crippen LogP contribution in [0.15, 0.2) is 237 Å². The average Bonchev–Trinajstić information content (AvgIpc) is 3.31. The van der Waals surface area contributed by atoms with Crippen LogP contribution in [0.25, 0.3) is 0 Å². The molecule has 0 aliphatic rings. The van der Waals surface area contributed by atoms with Crippen LogP contribution in [0.4, 0.5) is 0 Å². The Kier molecular flexibility index (Phi) is 12.8. The molecule has 0 radical (unpaired) electrons. The summed E-state index contributed by atoms with van der Waals surface area (Å²) in [5, 5.41) is 3.78. The molecule has 0 aliphatic heterocycles. The van der Waals surface area contributed by atoms with Crippen LogP contribution < -0.4 is 15.6 Å². The van der Waals surface area contributed by atoms with E-state index in [0.717, 1.165) is 38.5 Å². The van der Waals surface area contributed by atoms with Crippen LogP contribution in [0, 0.1) is 0 Å². The maximum atomic E-state index is 9.01. The number of benzene rings is 9. The minimum absolute atomic E-state index is 0.792. The molecule has 0 saturated carbocycles. The number of halogens is 1. The van der Waals surface area contributed by atoms with E-state index in [1.54, 1.807) is 0 Å². The Bertz CT molecular complexity index is 2510. The van der Waals surface area contributed by atoms with Gasteiger partial charge in [0.05, 0.1) is 0 Å². The van der Waals surface area contributed by atoms with E-state index in [2.05, 4.69) is 237 Å². The lowest BCUT2D eigenvalue weighted by Gasteiger charge is -2.33. The lowest BCUT2D eigenvalue weighted by molar-refractivity contribution is 1.14. The molecule has 0 N–H and O–H groups in total. The Morgan fingerprint density at radius 1 is 0.226 bits per heavy atom. The number of rotatable bonds is 15. The highest BCUT2D eigenvalue weighted by Gasteiger charge is 2.43. The highest BCUT2D eigenvalue weighted by Crippen LogP contribution is 2.27. The zero-order chi connectivity index (χ0) is 42.0. The van der Waals surface area contributed by atoms with Gasteiger partial charge in [-0.3, -0.25) is 0 Å². The fraction of sp³-hybridized carbons (Fsp3) is 0.100. The number of hydrogen-bond donors (Lipinski definition) is 0. The minimum atomic E-state index is -3.35. The molecule has 0 fully saturated rings. The van der Waals surface area contributed by atoms with Gasteiger partial charge in [0.25, 0.3) is 0 Å². The van der Waals surface area contributed by atoms with Crippen molar-refractivity contribution in [3.63, 3.8) is 0 Å². The standard InChI is InChI=1S/C60H51ClSi/c61-62(58-34-31-52(37-46-19-7-1-8-20-46)43-55(58)40-49-25-13-4-14-26-49,59-35-32-53(38-47-21-9-2-10-22-47)44-56(59)41-50-27-15-5-16-28-50)60-36-33-54(39-48-23-11-3-12-24-48)45-57(60)42-51-29-17-6-18-30-51/h1-36,43-45H,37-42H2. The smallest absolute Gasteiger partial charge is 0.149 e. The maximum Gasteiger partial charge on any atom is 0.248 e. The third kappa shape index (κ3) is 9.82. The molecule has 302 valence electrons. The maximum absolute atomic E-state index is 9.01.